The van der Waals surface area contributed by atoms with Gasteiger partial charge in [0.05, 0.1) is 18.3 Å². The highest BCUT2D eigenvalue weighted by molar-refractivity contribution is 6.14. The molecule has 0 radical (unpaired) electrons. The predicted molar refractivity (Wildman–Crippen MR) is 108 cm³/mol. The standard InChI is InChI=1S/C21H22N4O4/c1-12-7-15-8-18-19(29-11-28-18)9-17(15)21(24-25(12)13(2)26)14-3-5-16(6-4-14)23-20(27)10-22/h3-6,8-9,12H,7,10-11,22H2,1-2H3,(H,23,27). The zero-order chi connectivity index (χ0) is 20.5. The van der Waals surface area contributed by atoms with Crippen molar-refractivity contribution in [1.29, 1.82) is 0 Å². The number of fused-ring (bicyclic) bond motifs is 2. The Bertz CT molecular complexity index is 1000. The quantitative estimate of drug-likeness (QED) is 0.826. The zero-order valence-corrected chi connectivity index (χ0v) is 16.3. The largest absolute Gasteiger partial charge is 0.454 e. The summed E-state index contributed by atoms with van der Waals surface area (Å²) in [5.74, 6) is 0.965. The number of nitrogens with one attached hydrogen (secondary N) is 1. The number of nitrogens with two attached hydrogens (primary N) is 1. The molecule has 1 atom stereocenters. The topological polar surface area (TPSA) is 106 Å². The van der Waals surface area contributed by atoms with E-state index >= 15 is 0 Å². The lowest BCUT2D eigenvalue weighted by Gasteiger charge is -2.21. The summed E-state index contributed by atoms with van der Waals surface area (Å²) in [6.45, 7) is 3.58. The highest BCUT2D eigenvalue weighted by Crippen LogP contribution is 2.37. The van der Waals surface area contributed by atoms with Gasteiger partial charge in [-0.3, -0.25) is 9.59 Å². The molecule has 8 heteroatoms. The Labute approximate surface area is 168 Å². The average Bonchev–Trinajstić information content (AvgIpc) is 3.10. The number of carbonyl (C=O) groups is 2. The summed E-state index contributed by atoms with van der Waals surface area (Å²) in [6, 6.07) is 11.0. The molecule has 2 aromatic rings. The first-order chi connectivity index (χ1) is 14.0. The fourth-order valence-electron chi connectivity index (χ4n) is 3.56. The van der Waals surface area contributed by atoms with Crippen LogP contribution in [0.25, 0.3) is 0 Å². The van der Waals surface area contributed by atoms with E-state index < -0.39 is 0 Å². The fraction of sp³-hybridized carbons (Fsp3) is 0.286. The molecule has 0 bridgehead atoms. The monoisotopic (exact) mass is 394 g/mol. The van der Waals surface area contributed by atoms with E-state index in [9.17, 15) is 9.59 Å². The number of rotatable bonds is 3. The van der Waals surface area contributed by atoms with Crippen LogP contribution in [0, 0.1) is 0 Å². The minimum atomic E-state index is -0.265. The first-order valence-corrected chi connectivity index (χ1v) is 9.38. The summed E-state index contributed by atoms with van der Waals surface area (Å²) in [6.07, 6.45) is 0.642. The van der Waals surface area contributed by atoms with Crippen LogP contribution in [0.2, 0.25) is 0 Å². The molecule has 8 nitrogen and oxygen atoms in total. The summed E-state index contributed by atoms with van der Waals surface area (Å²) in [7, 11) is 0. The van der Waals surface area contributed by atoms with Crippen LogP contribution in [0.5, 0.6) is 11.5 Å². The number of amides is 2. The number of hydrazone groups is 1. The van der Waals surface area contributed by atoms with Crippen molar-refractivity contribution in [2.24, 2.45) is 10.8 Å². The van der Waals surface area contributed by atoms with E-state index in [1.807, 2.05) is 31.2 Å². The number of benzene rings is 2. The van der Waals surface area contributed by atoms with E-state index in [2.05, 4.69) is 5.32 Å². The lowest BCUT2D eigenvalue weighted by molar-refractivity contribution is -0.130. The smallest absolute Gasteiger partial charge is 0.239 e. The highest BCUT2D eigenvalue weighted by Gasteiger charge is 2.28. The van der Waals surface area contributed by atoms with Crippen LogP contribution >= 0.6 is 0 Å². The average molecular weight is 394 g/mol. The van der Waals surface area contributed by atoms with Crippen molar-refractivity contribution in [2.45, 2.75) is 26.3 Å². The van der Waals surface area contributed by atoms with E-state index in [0.717, 1.165) is 16.7 Å². The Hall–Kier alpha value is -3.39. The minimum absolute atomic E-state index is 0.0829. The summed E-state index contributed by atoms with van der Waals surface area (Å²) >= 11 is 0. The third-order valence-corrected chi connectivity index (χ3v) is 4.94. The molecule has 2 aliphatic heterocycles. The molecule has 4 rings (SSSR count). The van der Waals surface area contributed by atoms with Gasteiger partial charge in [-0.1, -0.05) is 12.1 Å². The minimum Gasteiger partial charge on any atom is -0.454 e. The molecule has 150 valence electrons. The maximum absolute atomic E-state index is 12.2. The van der Waals surface area contributed by atoms with Crippen molar-refractivity contribution >= 4 is 23.2 Å². The van der Waals surface area contributed by atoms with Crippen LogP contribution in [0.4, 0.5) is 5.69 Å². The van der Waals surface area contributed by atoms with Crippen LogP contribution in [0.15, 0.2) is 41.5 Å². The summed E-state index contributed by atoms with van der Waals surface area (Å²) in [4.78, 5) is 23.7. The maximum Gasteiger partial charge on any atom is 0.239 e. The number of carbonyl (C=O) groups excluding carboxylic acids is 2. The van der Waals surface area contributed by atoms with Crippen molar-refractivity contribution in [3.05, 3.63) is 53.1 Å². The molecule has 0 saturated carbocycles. The van der Waals surface area contributed by atoms with Gasteiger partial charge in [0, 0.05) is 23.7 Å². The van der Waals surface area contributed by atoms with E-state index in [1.165, 1.54) is 11.9 Å². The summed E-state index contributed by atoms with van der Waals surface area (Å²) in [5, 5.41) is 8.92. The molecule has 2 heterocycles. The van der Waals surface area contributed by atoms with Gasteiger partial charge in [0.2, 0.25) is 18.6 Å². The molecular formula is C21H22N4O4. The van der Waals surface area contributed by atoms with Crippen LogP contribution in [0.1, 0.15) is 30.5 Å². The first-order valence-electron chi connectivity index (χ1n) is 9.38. The third-order valence-electron chi connectivity index (χ3n) is 4.94. The van der Waals surface area contributed by atoms with Crippen molar-refractivity contribution in [2.75, 3.05) is 18.7 Å². The number of nitrogens with zero attached hydrogens (tertiary/aromatic N) is 2. The highest BCUT2D eigenvalue weighted by atomic mass is 16.7. The van der Waals surface area contributed by atoms with Gasteiger partial charge in [0.25, 0.3) is 0 Å². The van der Waals surface area contributed by atoms with Gasteiger partial charge < -0.3 is 20.5 Å². The van der Waals surface area contributed by atoms with Gasteiger partial charge >= 0.3 is 0 Å². The van der Waals surface area contributed by atoms with Gasteiger partial charge in [0.1, 0.15) is 0 Å². The Morgan fingerprint density at radius 1 is 1.21 bits per heavy atom. The molecule has 0 saturated heterocycles. The number of ether oxygens (including phenoxy) is 2. The summed E-state index contributed by atoms with van der Waals surface area (Å²) < 4.78 is 11.1. The molecule has 29 heavy (non-hydrogen) atoms. The van der Waals surface area contributed by atoms with Gasteiger partial charge in [-0.15, -0.1) is 0 Å². The molecule has 2 aromatic carbocycles. The summed E-state index contributed by atoms with van der Waals surface area (Å²) in [5.41, 5.74) is 9.39. The Morgan fingerprint density at radius 2 is 1.90 bits per heavy atom. The molecule has 0 spiro atoms. The molecular weight excluding hydrogens is 372 g/mol. The fourth-order valence-corrected chi connectivity index (χ4v) is 3.56. The zero-order valence-electron chi connectivity index (χ0n) is 16.3. The second kappa shape index (κ2) is 7.56. The Kier molecular flexibility index (Phi) is 4.94. The number of hydrogen-bond donors (Lipinski definition) is 2. The second-order valence-electron chi connectivity index (χ2n) is 7.06. The SMILES string of the molecule is CC(=O)N1N=C(c2ccc(NC(=O)CN)cc2)c2cc3c(cc2CC1C)OCO3. The van der Waals surface area contributed by atoms with Gasteiger partial charge in [-0.05, 0) is 43.2 Å². The molecule has 0 fully saturated rings. The van der Waals surface area contributed by atoms with Crippen LogP contribution in [0.3, 0.4) is 0 Å². The lowest BCUT2D eigenvalue weighted by atomic mass is 9.94. The number of hydrogen-bond acceptors (Lipinski definition) is 6. The third kappa shape index (κ3) is 3.66. The molecule has 2 aliphatic rings. The van der Waals surface area contributed by atoms with Gasteiger partial charge in [0.15, 0.2) is 11.5 Å². The van der Waals surface area contributed by atoms with Gasteiger partial charge in [-0.25, -0.2) is 5.01 Å². The Balaban J connectivity index is 1.79. The van der Waals surface area contributed by atoms with E-state index in [0.29, 0.717) is 29.3 Å². The molecule has 0 aliphatic carbocycles. The molecule has 0 aromatic heterocycles. The lowest BCUT2D eigenvalue weighted by Crippen LogP contribution is -2.33. The molecule has 3 N–H and O–H groups in total. The second-order valence-corrected chi connectivity index (χ2v) is 7.06. The van der Waals surface area contributed by atoms with Crippen LogP contribution < -0.4 is 20.5 Å². The first kappa shape index (κ1) is 18.9. The van der Waals surface area contributed by atoms with Crippen LogP contribution in [-0.4, -0.2) is 41.9 Å². The normalized spacial score (nSPS) is 17.3. The van der Waals surface area contributed by atoms with E-state index in [4.69, 9.17) is 20.3 Å². The van der Waals surface area contributed by atoms with E-state index in [-0.39, 0.29) is 31.2 Å². The number of anilines is 1. The maximum atomic E-state index is 12.2. The predicted octanol–water partition coefficient (Wildman–Crippen LogP) is 1.86. The van der Waals surface area contributed by atoms with Crippen molar-refractivity contribution in [1.82, 2.24) is 5.01 Å². The van der Waals surface area contributed by atoms with Crippen molar-refractivity contribution < 1.29 is 19.1 Å². The van der Waals surface area contributed by atoms with Crippen molar-refractivity contribution in [3.63, 3.8) is 0 Å². The van der Waals surface area contributed by atoms with Crippen molar-refractivity contribution in [3.8, 4) is 11.5 Å². The molecule has 1 unspecified atom stereocenters. The Morgan fingerprint density at radius 3 is 2.55 bits per heavy atom. The van der Waals surface area contributed by atoms with E-state index in [1.54, 1.807) is 12.1 Å². The van der Waals surface area contributed by atoms with Crippen LogP contribution in [-0.2, 0) is 16.0 Å². The molecule has 2 amide bonds. The van der Waals surface area contributed by atoms with Gasteiger partial charge in [-0.2, -0.15) is 5.10 Å².